The van der Waals surface area contributed by atoms with Crippen molar-refractivity contribution in [1.29, 1.82) is 0 Å². The minimum atomic E-state index is -1.45. The summed E-state index contributed by atoms with van der Waals surface area (Å²) in [5.74, 6) is 0.101. The average Bonchev–Trinajstić information content (AvgIpc) is 3.67. The van der Waals surface area contributed by atoms with Gasteiger partial charge in [-0.25, -0.2) is 22.9 Å². The molecule has 1 unspecified atom stereocenters. The molecule has 2 aliphatic heterocycles. The minimum absolute atomic E-state index is 0.0452. The number of morpholine rings is 1. The van der Waals surface area contributed by atoms with Crippen LogP contribution in [0.1, 0.15) is 16.8 Å². The van der Waals surface area contributed by atoms with E-state index in [9.17, 15) is 13.4 Å². The fraction of sp³-hybridized carbons (Fsp3) is 0.281. The van der Waals surface area contributed by atoms with E-state index in [1.54, 1.807) is 40.2 Å². The van der Waals surface area contributed by atoms with E-state index in [1.807, 2.05) is 36.4 Å². The molecule has 13 heteroatoms. The van der Waals surface area contributed by atoms with Gasteiger partial charge in [0.1, 0.15) is 12.4 Å². The fourth-order valence-electron chi connectivity index (χ4n) is 5.54. The molecule has 5 aromatic rings. The summed E-state index contributed by atoms with van der Waals surface area (Å²) in [6.45, 7) is 3.72. The van der Waals surface area contributed by atoms with Crippen molar-refractivity contribution >= 4 is 28.2 Å². The number of hydrogen-bond donors (Lipinski definition) is 1. The summed E-state index contributed by atoms with van der Waals surface area (Å²) in [5, 5.41) is 0. The van der Waals surface area contributed by atoms with Gasteiger partial charge in [0.2, 0.25) is 5.75 Å². The van der Waals surface area contributed by atoms with Crippen LogP contribution in [0.3, 0.4) is 0 Å². The van der Waals surface area contributed by atoms with Crippen molar-refractivity contribution < 1.29 is 18.1 Å². The molecule has 1 N–H and O–H groups in total. The smallest absolute Gasteiger partial charge is 0.301 e. The average molecular weight is 630 g/mol. The van der Waals surface area contributed by atoms with E-state index in [4.69, 9.17) is 14.5 Å². The topological polar surface area (TPSA) is 108 Å². The highest BCUT2D eigenvalue weighted by atomic mass is 32.2. The van der Waals surface area contributed by atoms with E-state index >= 15 is 0 Å². The summed E-state index contributed by atoms with van der Waals surface area (Å²) < 4.78 is 43.6. The van der Waals surface area contributed by atoms with Crippen molar-refractivity contribution in [2.24, 2.45) is 0 Å². The van der Waals surface area contributed by atoms with Crippen LogP contribution in [0.5, 0.6) is 5.75 Å². The Labute approximate surface area is 261 Å². The van der Waals surface area contributed by atoms with Crippen LogP contribution in [0.15, 0.2) is 77.9 Å². The third kappa shape index (κ3) is 5.93. The SMILES string of the molecule is CN1CCN(c2cc(N3CCOCC3)cn3c(=O)c(OCc4ccccc4)c(-c4ncc(Cc5ccc(F)cc5)[nH]4)nc23)S1=O. The van der Waals surface area contributed by atoms with Crippen LogP contribution in [0.25, 0.3) is 17.2 Å². The second kappa shape index (κ2) is 12.4. The van der Waals surface area contributed by atoms with Crippen molar-refractivity contribution in [2.45, 2.75) is 13.0 Å². The highest BCUT2D eigenvalue weighted by Crippen LogP contribution is 2.33. The Bertz CT molecular complexity index is 1910. The van der Waals surface area contributed by atoms with Crippen LogP contribution < -0.4 is 19.5 Å². The first-order chi connectivity index (χ1) is 21.9. The predicted molar refractivity (Wildman–Crippen MR) is 170 cm³/mol. The number of aromatic amines is 1. The van der Waals surface area contributed by atoms with Gasteiger partial charge >= 0.3 is 5.56 Å². The molecule has 2 fully saturated rings. The van der Waals surface area contributed by atoms with Gasteiger partial charge in [0.15, 0.2) is 28.3 Å². The minimum Gasteiger partial charge on any atom is -0.481 e. The summed E-state index contributed by atoms with van der Waals surface area (Å²) in [6, 6.07) is 17.8. The normalized spacial score (nSPS) is 17.3. The number of nitrogens with one attached hydrogen (secondary N) is 1. The summed E-state index contributed by atoms with van der Waals surface area (Å²) >= 11 is -1.45. The van der Waals surface area contributed by atoms with Crippen molar-refractivity contribution in [3.05, 3.63) is 106 Å². The molecule has 232 valence electrons. The molecule has 0 spiro atoms. The first-order valence-electron chi connectivity index (χ1n) is 14.7. The lowest BCUT2D eigenvalue weighted by Crippen LogP contribution is -2.37. The van der Waals surface area contributed by atoms with E-state index in [0.717, 1.165) is 22.5 Å². The molecule has 3 aromatic heterocycles. The van der Waals surface area contributed by atoms with Gasteiger partial charge in [0, 0.05) is 57.7 Å². The highest BCUT2D eigenvalue weighted by molar-refractivity contribution is 7.84. The molecule has 5 heterocycles. The van der Waals surface area contributed by atoms with Gasteiger partial charge in [0.25, 0.3) is 0 Å². The van der Waals surface area contributed by atoms with E-state index in [2.05, 4.69) is 14.9 Å². The molecule has 1 atom stereocenters. The zero-order valence-corrected chi connectivity index (χ0v) is 25.5. The number of benzene rings is 2. The highest BCUT2D eigenvalue weighted by Gasteiger charge is 2.31. The van der Waals surface area contributed by atoms with E-state index in [1.165, 1.54) is 16.5 Å². The quantitative estimate of drug-likeness (QED) is 0.280. The summed E-state index contributed by atoms with van der Waals surface area (Å²) in [4.78, 5) is 29.4. The van der Waals surface area contributed by atoms with Crippen molar-refractivity contribution in [2.75, 3.05) is 55.6 Å². The van der Waals surface area contributed by atoms with E-state index < -0.39 is 16.7 Å². The number of rotatable bonds is 8. The Balaban J connectivity index is 1.38. The molecule has 11 nitrogen and oxygen atoms in total. The Morgan fingerprint density at radius 2 is 1.80 bits per heavy atom. The number of ether oxygens (including phenoxy) is 2. The zero-order valence-electron chi connectivity index (χ0n) is 24.7. The standard InChI is InChI=1S/C32H32FN7O4S/c1-37-11-12-40(45(37)42)27-18-26(38-13-15-43-16-14-38)20-39-31(27)36-28(29(32(39)41)44-21-23-5-3-2-4-6-23)30-34-19-25(35-30)17-22-7-9-24(33)10-8-22/h2-10,18-20H,11-17,21H2,1H3,(H,34,35). The Morgan fingerprint density at radius 1 is 1.02 bits per heavy atom. The van der Waals surface area contributed by atoms with Gasteiger partial charge in [-0.2, -0.15) is 0 Å². The van der Waals surface area contributed by atoms with Gasteiger partial charge in [0.05, 0.1) is 24.6 Å². The number of H-pyrrole nitrogens is 1. The predicted octanol–water partition coefficient (Wildman–Crippen LogP) is 3.56. The number of anilines is 2. The molecule has 0 bridgehead atoms. The molecular formula is C32H32FN7O4S. The van der Waals surface area contributed by atoms with Gasteiger partial charge < -0.3 is 19.4 Å². The number of halogens is 1. The number of hydrogen-bond acceptors (Lipinski definition) is 7. The third-order valence-electron chi connectivity index (χ3n) is 7.95. The molecule has 45 heavy (non-hydrogen) atoms. The number of imidazole rings is 1. The summed E-state index contributed by atoms with van der Waals surface area (Å²) in [7, 11) is 1.80. The molecule has 2 saturated heterocycles. The molecular weight excluding hydrogens is 597 g/mol. The lowest BCUT2D eigenvalue weighted by atomic mass is 10.1. The Morgan fingerprint density at radius 3 is 2.53 bits per heavy atom. The van der Waals surface area contributed by atoms with Crippen LogP contribution in [-0.4, -0.2) is 74.3 Å². The zero-order chi connectivity index (χ0) is 30.9. The maximum absolute atomic E-state index is 14.4. The monoisotopic (exact) mass is 629 g/mol. The number of pyridine rings is 1. The summed E-state index contributed by atoms with van der Waals surface area (Å²) in [6.07, 6.45) is 3.92. The van der Waals surface area contributed by atoms with Crippen molar-refractivity contribution in [1.82, 2.24) is 23.7 Å². The van der Waals surface area contributed by atoms with Crippen LogP contribution in [-0.2, 0) is 28.9 Å². The van der Waals surface area contributed by atoms with Gasteiger partial charge in [-0.3, -0.25) is 13.5 Å². The third-order valence-corrected chi connectivity index (χ3v) is 9.43. The van der Waals surface area contributed by atoms with Gasteiger partial charge in [-0.05, 0) is 29.3 Å². The van der Waals surface area contributed by atoms with Crippen LogP contribution >= 0.6 is 0 Å². The molecule has 2 aromatic carbocycles. The maximum atomic E-state index is 14.4. The van der Waals surface area contributed by atoms with Gasteiger partial charge in [-0.15, -0.1) is 0 Å². The van der Waals surface area contributed by atoms with Crippen molar-refractivity contribution in [3.8, 4) is 17.3 Å². The Hall–Kier alpha value is -4.59. The van der Waals surface area contributed by atoms with E-state index in [0.29, 0.717) is 63.0 Å². The first-order valence-corrected chi connectivity index (χ1v) is 15.8. The second-order valence-electron chi connectivity index (χ2n) is 11.0. The molecule has 0 amide bonds. The Kier molecular flexibility index (Phi) is 8.04. The van der Waals surface area contributed by atoms with Gasteiger partial charge in [-0.1, -0.05) is 42.5 Å². The number of nitrogens with zero attached hydrogens (tertiary/aromatic N) is 6. The largest absolute Gasteiger partial charge is 0.481 e. The molecule has 7 rings (SSSR count). The first kappa shape index (κ1) is 29.1. The molecule has 0 aliphatic carbocycles. The number of likely N-dealkylation sites (N-methyl/N-ethyl adjacent to an activating group) is 1. The number of fused-ring (bicyclic) bond motifs is 1. The van der Waals surface area contributed by atoms with Crippen LogP contribution in [0.4, 0.5) is 15.8 Å². The fourth-order valence-corrected chi connectivity index (χ4v) is 6.66. The molecule has 0 radical (unpaired) electrons. The maximum Gasteiger partial charge on any atom is 0.301 e. The van der Waals surface area contributed by atoms with Crippen LogP contribution in [0, 0.1) is 5.82 Å². The molecule has 2 aliphatic rings. The number of aromatic nitrogens is 4. The van der Waals surface area contributed by atoms with Crippen molar-refractivity contribution in [3.63, 3.8) is 0 Å². The summed E-state index contributed by atoms with van der Waals surface area (Å²) in [5.41, 5.74) is 4.12. The molecule has 0 saturated carbocycles. The van der Waals surface area contributed by atoms with E-state index in [-0.39, 0.29) is 23.9 Å². The lowest BCUT2D eigenvalue weighted by Gasteiger charge is -2.30. The van der Waals surface area contributed by atoms with Crippen LogP contribution in [0.2, 0.25) is 0 Å². The second-order valence-corrected chi connectivity index (χ2v) is 12.5. The lowest BCUT2D eigenvalue weighted by molar-refractivity contribution is 0.122.